The molecule has 2 atom stereocenters. The molecule has 3 aliphatic rings. The number of rotatable bonds is 2. The summed E-state index contributed by atoms with van der Waals surface area (Å²) in [6.07, 6.45) is 5.81. The molecular weight excluding hydrogens is 356 g/mol. The van der Waals surface area contributed by atoms with Crippen molar-refractivity contribution in [3.05, 3.63) is 42.6 Å². The molecule has 0 amide bonds. The van der Waals surface area contributed by atoms with Gasteiger partial charge >= 0.3 is 0 Å². The summed E-state index contributed by atoms with van der Waals surface area (Å²) in [5, 5.41) is 8.80. The Morgan fingerprint density at radius 1 is 1.30 bits per heavy atom. The van der Waals surface area contributed by atoms with E-state index in [9.17, 15) is 0 Å². The van der Waals surface area contributed by atoms with E-state index in [-0.39, 0.29) is 6.04 Å². The predicted molar refractivity (Wildman–Crippen MR) is 116 cm³/mol. The third-order valence-corrected chi connectivity index (χ3v) is 5.71. The van der Waals surface area contributed by atoms with Crippen molar-refractivity contribution < 1.29 is 0 Å². The summed E-state index contributed by atoms with van der Waals surface area (Å²) in [4.78, 5) is 9.17. The van der Waals surface area contributed by atoms with Gasteiger partial charge in [-0.25, -0.2) is 0 Å². The molecule has 2 fully saturated rings. The number of hydrazone groups is 1. The zero-order chi connectivity index (χ0) is 18.6. The lowest BCUT2D eigenvalue weighted by Crippen LogP contribution is -2.55. The summed E-state index contributed by atoms with van der Waals surface area (Å²) in [5.74, 6) is 0. The monoisotopic (exact) mass is 382 g/mol. The van der Waals surface area contributed by atoms with E-state index < -0.39 is 0 Å². The number of thiocarbonyl (C=S) groups is 1. The van der Waals surface area contributed by atoms with Gasteiger partial charge in [-0.3, -0.25) is 10.4 Å². The number of benzene rings is 1. The molecule has 27 heavy (non-hydrogen) atoms. The van der Waals surface area contributed by atoms with Gasteiger partial charge in [0.25, 0.3) is 0 Å². The Balaban J connectivity index is 1.37. The zero-order valence-electron chi connectivity index (χ0n) is 15.6. The molecular formula is C20H26N6S. The SMILES string of the molecule is CC1CN(C(=S)N/N=C2/CCNC3CC=CN=C23)CCN1c1ccccc1. The van der Waals surface area contributed by atoms with Crippen LogP contribution in [-0.2, 0) is 0 Å². The van der Waals surface area contributed by atoms with E-state index in [1.54, 1.807) is 0 Å². The summed E-state index contributed by atoms with van der Waals surface area (Å²) in [5.41, 5.74) is 6.45. The molecule has 3 aliphatic heterocycles. The van der Waals surface area contributed by atoms with Gasteiger partial charge in [0.05, 0.1) is 17.5 Å². The van der Waals surface area contributed by atoms with Crippen LogP contribution in [-0.4, -0.2) is 59.7 Å². The number of para-hydroxylation sites is 1. The van der Waals surface area contributed by atoms with E-state index in [1.807, 2.05) is 6.20 Å². The van der Waals surface area contributed by atoms with E-state index in [1.165, 1.54) is 5.69 Å². The minimum atomic E-state index is 0.285. The van der Waals surface area contributed by atoms with Crippen LogP contribution in [0.1, 0.15) is 19.8 Å². The maximum atomic E-state index is 5.62. The average Bonchev–Trinajstić information content (AvgIpc) is 2.72. The number of anilines is 1. The number of hydrogen-bond acceptors (Lipinski definition) is 5. The molecule has 0 aromatic heterocycles. The Hall–Kier alpha value is -2.25. The first-order valence-electron chi connectivity index (χ1n) is 9.62. The fourth-order valence-corrected chi connectivity index (χ4v) is 4.14. The smallest absolute Gasteiger partial charge is 0.189 e. The molecule has 0 bridgehead atoms. The number of fused-ring (bicyclic) bond motifs is 1. The number of nitrogens with one attached hydrogen (secondary N) is 2. The van der Waals surface area contributed by atoms with Crippen LogP contribution in [0.5, 0.6) is 0 Å². The number of piperidine rings is 1. The average molecular weight is 383 g/mol. The number of hydrogen-bond donors (Lipinski definition) is 2. The van der Waals surface area contributed by atoms with E-state index in [0.29, 0.717) is 11.2 Å². The molecule has 6 nitrogen and oxygen atoms in total. The Bertz CT molecular complexity index is 772. The second-order valence-electron chi connectivity index (χ2n) is 7.19. The standard InChI is InChI=1S/C20H26N6S/c1-15-14-25(12-13-26(15)16-6-3-2-4-7-16)20(27)24-23-18-9-11-21-17-8-5-10-22-19(17)18/h2-7,10,15,17,21H,8-9,11-14H2,1H3,(H,24,27)/b23-18-. The molecule has 0 saturated carbocycles. The highest BCUT2D eigenvalue weighted by Gasteiger charge is 2.27. The van der Waals surface area contributed by atoms with Crippen LogP contribution in [0.3, 0.4) is 0 Å². The first kappa shape index (κ1) is 18.1. The third kappa shape index (κ3) is 4.04. The van der Waals surface area contributed by atoms with Crippen molar-refractivity contribution in [1.29, 1.82) is 0 Å². The van der Waals surface area contributed by atoms with Crippen LogP contribution in [0.2, 0.25) is 0 Å². The molecule has 142 valence electrons. The van der Waals surface area contributed by atoms with Gasteiger partial charge in [-0.1, -0.05) is 24.3 Å². The van der Waals surface area contributed by atoms with Gasteiger partial charge in [0.1, 0.15) is 0 Å². The highest BCUT2D eigenvalue weighted by Crippen LogP contribution is 2.20. The second-order valence-corrected chi connectivity index (χ2v) is 7.58. The minimum absolute atomic E-state index is 0.285. The van der Waals surface area contributed by atoms with Gasteiger partial charge in [0.2, 0.25) is 0 Å². The van der Waals surface area contributed by atoms with Gasteiger partial charge in [-0.05, 0) is 37.7 Å². The fraction of sp³-hybridized carbons (Fsp3) is 0.450. The highest BCUT2D eigenvalue weighted by atomic mass is 32.1. The van der Waals surface area contributed by atoms with Crippen molar-refractivity contribution >= 4 is 34.4 Å². The number of aliphatic imine (C=N–C) groups is 1. The summed E-state index contributed by atoms with van der Waals surface area (Å²) in [6, 6.07) is 11.2. The molecule has 2 saturated heterocycles. The van der Waals surface area contributed by atoms with Crippen molar-refractivity contribution in [2.75, 3.05) is 31.1 Å². The Kier molecular flexibility index (Phi) is 5.50. The molecule has 2 N–H and O–H groups in total. The van der Waals surface area contributed by atoms with Crippen LogP contribution >= 0.6 is 12.2 Å². The van der Waals surface area contributed by atoms with Crippen molar-refractivity contribution in [2.24, 2.45) is 10.1 Å². The molecule has 0 spiro atoms. The lowest BCUT2D eigenvalue weighted by Gasteiger charge is -2.42. The Morgan fingerprint density at radius 2 is 2.15 bits per heavy atom. The first-order valence-corrected chi connectivity index (χ1v) is 10.0. The fourth-order valence-electron chi connectivity index (χ4n) is 3.92. The summed E-state index contributed by atoms with van der Waals surface area (Å²) >= 11 is 5.62. The Labute approximate surface area is 166 Å². The third-order valence-electron chi connectivity index (χ3n) is 5.36. The minimum Gasteiger partial charge on any atom is -0.365 e. The van der Waals surface area contributed by atoms with Crippen LogP contribution in [0, 0.1) is 0 Å². The van der Waals surface area contributed by atoms with Crippen molar-refractivity contribution in [3.63, 3.8) is 0 Å². The number of nitrogens with zero attached hydrogens (tertiary/aromatic N) is 4. The summed E-state index contributed by atoms with van der Waals surface area (Å²) < 4.78 is 0. The molecule has 0 aliphatic carbocycles. The topological polar surface area (TPSA) is 55.3 Å². The van der Waals surface area contributed by atoms with Gasteiger partial charge in [0.15, 0.2) is 5.11 Å². The summed E-state index contributed by atoms with van der Waals surface area (Å²) in [7, 11) is 0. The molecule has 1 aromatic carbocycles. The maximum Gasteiger partial charge on any atom is 0.189 e. The van der Waals surface area contributed by atoms with Crippen LogP contribution in [0.25, 0.3) is 0 Å². The predicted octanol–water partition coefficient (Wildman–Crippen LogP) is 2.15. The van der Waals surface area contributed by atoms with Crippen LogP contribution < -0.4 is 15.6 Å². The highest BCUT2D eigenvalue weighted by molar-refractivity contribution is 7.80. The molecule has 2 unspecified atom stereocenters. The Morgan fingerprint density at radius 3 is 2.96 bits per heavy atom. The van der Waals surface area contributed by atoms with Crippen LogP contribution in [0.15, 0.2) is 52.7 Å². The maximum absolute atomic E-state index is 5.62. The second kappa shape index (κ2) is 8.19. The van der Waals surface area contributed by atoms with Crippen molar-refractivity contribution in [1.82, 2.24) is 15.6 Å². The van der Waals surface area contributed by atoms with Gasteiger partial charge in [0, 0.05) is 50.5 Å². The van der Waals surface area contributed by atoms with Crippen molar-refractivity contribution in [2.45, 2.75) is 31.8 Å². The summed E-state index contributed by atoms with van der Waals surface area (Å²) in [6.45, 7) is 5.90. The largest absolute Gasteiger partial charge is 0.365 e. The van der Waals surface area contributed by atoms with Gasteiger partial charge in [-0.15, -0.1) is 0 Å². The normalized spacial score (nSPS) is 26.6. The van der Waals surface area contributed by atoms with Crippen molar-refractivity contribution in [3.8, 4) is 0 Å². The van der Waals surface area contributed by atoms with Gasteiger partial charge in [-0.2, -0.15) is 5.10 Å². The quantitative estimate of drug-likeness (QED) is 0.606. The lowest BCUT2D eigenvalue weighted by molar-refractivity contribution is 0.334. The van der Waals surface area contributed by atoms with E-state index >= 15 is 0 Å². The molecule has 0 radical (unpaired) electrons. The molecule has 4 rings (SSSR count). The van der Waals surface area contributed by atoms with E-state index in [0.717, 1.165) is 50.4 Å². The van der Waals surface area contributed by atoms with E-state index in [4.69, 9.17) is 12.2 Å². The molecule has 1 aromatic rings. The lowest BCUT2D eigenvalue weighted by atomic mass is 9.96. The zero-order valence-corrected chi connectivity index (χ0v) is 16.5. The van der Waals surface area contributed by atoms with Crippen LogP contribution in [0.4, 0.5) is 5.69 Å². The number of piperazine rings is 1. The first-order chi connectivity index (χ1) is 13.2. The molecule has 3 heterocycles. The molecule has 7 heteroatoms. The van der Waals surface area contributed by atoms with Gasteiger partial charge < -0.3 is 15.1 Å². The van der Waals surface area contributed by atoms with E-state index in [2.05, 4.69) is 74.0 Å².